The molecule has 3 aromatic rings. The average molecular weight is 454 g/mol. The quantitative estimate of drug-likeness (QED) is 0.619. The van der Waals surface area contributed by atoms with Gasteiger partial charge in [-0.05, 0) is 62.1 Å². The molecule has 2 aromatic carbocycles. The van der Waals surface area contributed by atoms with Crippen molar-refractivity contribution in [2.45, 2.75) is 44.6 Å². The van der Waals surface area contributed by atoms with Gasteiger partial charge in [0.25, 0.3) is 5.56 Å². The zero-order chi connectivity index (χ0) is 22.9. The number of rotatable bonds is 6. The van der Waals surface area contributed by atoms with Gasteiger partial charge in [0.05, 0.1) is 10.4 Å². The maximum absolute atomic E-state index is 12.6. The van der Waals surface area contributed by atoms with Crippen molar-refractivity contribution in [2.75, 3.05) is 18.4 Å². The van der Waals surface area contributed by atoms with Crippen molar-refractivity contribution in [3.63, 3.8) is 0 Å². The first-order valence-electron chi connectivity index (χ1n) is 10.8. The van der Waals surface area contributed by atoms with Gasteiger partial charge >= 0.3 is 0 Å². The van der Waals surface area contributed by atoms with Crippen LogP contribution in [0.2, 0.25) is 0 Å². The summed E-state index contributed by atoms with van der Waals surface area (Å²) in [6.45, 7) is 5.22. The van der Waals surface area contributed by atoms with Crippen LogP contribution < -0.4 is 10.9 Å². The van der Waals surface area contributed by atoms with Crippen LogP contribution in [-0.4, -0.2) is 36.3 Å². The fraction of sp³-hybridized carbons (Fsp3) is 0.333. The van der Waals surface area contributed by atoms with Crippen molar-refractivity contribution in [3.05, 3.63) is 70.0 Å². The molecule has 7 nitrogen and oxygen atoms in total. The molecule has 1 saturated heterocycles. The van der Waals surface area contributed by atoms with Crippen molar-refractivity contribution in [3.8, 4) is 0 Å². The summed E-state index contributed by atoms with van der Waals surface area (Å²) in [6.07, 6.45) is 1.89. The van der Waals surface area contributed by atoms with E-state index >= 15 is 0 Å². The number of pyridine rings is 1. The van der Waals surface area contributed by atoms with Gasteiger partial charge in [0.2, 0.25) is 15.9 Å². The smallest absolute Gasteiger partial charge is 0.251 e. The fourth-order valence-electron chi connectivity index (χ4n) is 4.23. The van der Waals surface area contributed by atoms with Crippen molar-refractivity contribution in [1.29, 1.82) is 0 Å². The van der Waals surface area contributed by atoms with Gasteiger partial charge in [-0.25, -0.2) is 8.42 Å². The van der Waals surface area contributed by atoms with Gasteiger partial charge in [-0.2, -0.15) is 4.31 Å². The Morgan fingerprint density at radius 1 is 1.00 bits per heavy atom. The van der Waals surface area contributed by atoms with Crippen LogP contribution in [-0.2, 0) is 21.4 Å². The largest absolute Gasteiger partial charge is 0.326 e. The lowest BCUT2D eigenvalue weighted by atomic mass is 10.1. The zero-order valence-corrected chi connectivity index (χ0v) is 19.1. The molecule has 1 aliphatic rings. The molecule has 0 atom stereocenters. The molecule has 1 N–H and O–H groups in total. The summed E-state index contributed by atoms with van der Waals surface area (Å²) >= 11 is 0. The van der Waals surface area contributed by atoms with Crippen molar-refractivity contribution in [2.24, 2.45) is 0 Å². The molecule has 32 heavy (non-hydrogen) atoms. The van der Waals surface area contributed by atoms with Crippen LogP contribution in [0.25, 0.3) is 10.9 Å². The molecule has 1 fully saturated rings. The van der Waals surface area contributed by atoms with E-state index < -0.39 is 10.0 Å². The van der Waals surface area contributed by atoms with Gasteiger partial charge in [0.15, 0.2) is 0 Å². The van der Waals surface area contributed by atoms with Crippen LogP contribution >= 0.6 is 0 Å². The maximum atomic E-state index is 12.6. The Morgan fingerprint density at radius 2 is 1.69 bits per heavy atom. The molecule has 0 bridgehead atoms. The Balaban J connectivity index is 1.46. The Bertz CT molecular complexity index is 1320. The molecule has 0 aliphatic carbocycles. The van der Waals surface area contributed by atoms with Crippen LogP contribution in [0.4, 0.5) is 5.69 Å². The number of aromatic nitrogens is 1. The number of fused-ring (bicyclic) bond motifs is 1. The Hall–Kier alpha value is -2.97. The molecule has 168 valence electrons. The molecular weight excluding hydrogens is 426 g/mol. The minimum absolute atomic E-state index is 0.125. The summed E-state index contributed by atoms with van der Waals surface area (Å²) in [5, 5.41) is 3.79. The van der Waals surface area contributed by atoms with E-state index in [0.717, 1.165) is 34.9 Å². The number of hydrogen-bond acceptors (Lipinski definition) is 4. The number of sulfonamides is 1. The predicted molar refractivity (Wildman–Crippen MR) is 125 cm³/mol. The second-order valence-electron chi connectivity index (χ2n) is 8.22. The number of aryl methyl sites for hydroxylation is 3. The minimum Gasteiger partial charge on any atom is -0.326 e. The Kier molecular flexibility index (Phi) is 6.17. The number of para-hydroxylation sites is 1. The van der Waals surface area contributed by atoms with Crippen LogP contribution in [0.1, 0.15) is 30.4 Å². The second kappa shape index (κ2) is 8.88. The Morgan fingerprint density at radius 3 is 2.38 bits per heavy atom. The summed E-state index contributed by atoms with van der Waals surface area (Å²) < 4.78 is 28.4. The number of nitrogens with zero attached hydrogens (tertiary/aromatic N) is 2. The first-order valence-corrected chi connectivity index (χ1v) is 12.2. The van der Waals surface area contributed by atoms with Crippen molar-refractivity contribution < 1.29 is 13.2 Å². The number of anilines is 1. The van der Waals surface area contributed by atoms with E-state index in [2.05, 4.69) is 5.32 Å². The molecule has 1 amide bonds. The second-order valence-corrected chi connectivity index (χ2v) is 10.2. The third-order valence-electron chi connectivity index (χ3n) is 5.94. The number of hydrogen-bond donors (Lipinski definition) is 1. The van der Waals surface area contributed by atoms with Gasteiger partial charge in [-0.15, -0.1) is 0 Å². The van der Waals surface area contributed by atoms with E-state index in [9.17, 15) is 18.0 Å². The summed E-state index contributed by atoms with van der Waals surface area (Å²) in [7, 11) is -3.48. The maximum Gasteiger partial charge on any atom is 0.251 e. The molecule has 0 saturated carbocycles. The van der Waals surface area contributed by atoms with E-state index in [1.807, 2.05) is 32.0 Å². The Labute approximate surface area is 187 Å². The molecule has 0 radical (unpaired) electrons. The minimum atomic E-state index is -3.48. The highest BCUT2D eigenvalue weighted by molar-refractivity contribution is 7.89. The van der Waals surface area contributed by atoms with E-state index in [4.69, 9.17) is 0 Å². The van der Waals surface area contributed by atoms with Crippen molar-refractivity contribution >= 4 is 32.5 Å². The summed E-state index contributed by atoms with van der Waals surface area (Å²) in [5.74, 6) is -0.241. The van der Waals surface area contributed by atoms with Gasteiger partial charge in [0, 0.05) is 43.2 Å². The standard InChI is InChI=1S/C24H27N3O4S/c1-17-6-5-7-21-18(2)16-23(29)27(24(17)21)15-12-22(28)25-19-8-10-20(11-9-19)32(30,31)26-13-3-4-14-26/h5-11,16H,3-4,12-15H2,1-2H3,(H,25,28). The highest BCUT2D eigenvalue weighted by atomic mass is 32.2. The molecule has 0 unspecified atom stereocenters. The van der Waals surface area contributed by atoms with Crippen molar-refractivity contribution in [1.82, 2.24) is 8.87 Å². The van der Waals surface area contributed by atoms with Crippen LogP contribution in [0.15, 0.2) is 58.2 Å². The van der Waals surface area contributed by atoms with E-state index in [-0.39, 0.29) is 29.3 Å². The first kappa shape index (κ1) is 22.2. The summed E-state index contributed by atoms with van der Waals surface area (Å²) in [6, 6.07) is 13.7. The third kappa shape index (κ3) is 4.33. The molecule has 1 aliphatic heterocycles. The zero-order valence-electron chi connectivity index (χ0n) is 18.3. The predicted octanol–water partition coefficient (Wildman–Crippen LogP) is 3.43. The molecule has 1 aromatic heterocycles. The number of carbonyl (C=O) groups is 1. The topological polar surface area (TPSA) is 88.5 Å². The van der Waals surface area contributed by atoms with Crippen LogP contribution in [0, 0.1) is 13.8 Å². The first-order chi connectivity index (χ1) is 15.3. The summed E-state index contributed by atoms with van der Waals surface area (Å²) in [5.41, 5.74) is 3.14. The van der Waals surface area contributed by atoms with Gasteiger partial charge in [-0.1, -0.05) is 18.2 Å². The lowest BCUT2D eigenvalue weighted by Gasteiger charge is -2.16. The lowest BCUT2D eigenvalue weighted by Crippen LogP contribution is -2.27. The van der Waals surface area contributed by atoms with E-state index in [1.54, 1.807) is 22.8 Å². The highest BCUT2D eigenvalue weighted by Crippen LogP contribution is 2.23. The highest BCUT2D eigenvalue weighted by Gasteiger charge is 2.26. The SMILES string of the molecule is Cc1cc(=O)n(CCC(=O)Nc2ccc(S(=O)(=O)N3CCCC3)cc2)c2c(C)cccc12. The molecule has 8 heteroatoms. The molecule has 0 spiro atoms. The fourth-order valence-corrected chi connectivity index (χ4v) is 5.75. The number of nitrogens with one attached hydrogen (secondary N) is 1. The van der Waals surface area contributed by atoms with Gasteiger partial charge in [0.1, 0.15) is 0 Å². The molecule has 2 heterocycles. The third-order valence-corrected chi connectivity index (χ3v) is 7.85. The average Bonchev–Trinajstić information content (AvgIpc) is 3.30. The van der Waals surface area contributed by atoms with E-state index in [1.165, 1.54) is 16.4 Å². The van der Waals surface area contributed by atoms with Crippen LogP contribution in [0.5, 0.6) is 0 Å². The molecular formula is C24H27N3O4S. The number of amides is 1. The summed E-state index contributed by atoms with van der Waals surface area (Å²) in [4.78, 5) is 25.3. The van der Waals surface area contributed by atoms with E-state index in [0.29, 0.717) is 18.8 Å². The van der Waals surface area contributed by atoms with Gasteiger partial charge < -0.3 is 9.88 Å². The van der Waals surface area contributed by atoms with Crippen LogP contribution in [0.3, 0.4) is 0 Å². The lowest BCUT2D eigenvalue weighted by molar-refractivity contribution is -0.116. The van der Waals surface area contributed by atoms with Gasteiger partial charge in [-0.3, -0.25) is 9.59 Å². The molecule has 4 rings (SSSR count). The number of carbonyl (C=O) groups excluding carboxylic acids is 1. The normalized spacial score (nSPS) is 14.7. The monoisotopic (exact) mass is 453 g/mol. The number of benzene rings is 2.